The van der Waals surface area contributed by atoms with Crippen LogP contribution in [0.2, 0.25) is 0 Å². The molecule has 196 valence electrons. The Morgan fingerprint density at radius 1 is 1.17 bits per heavy atom. The Hall–Kier alpha value is -2.98. The minimum absolute atomic E-state index is 0.166. The molecule has 2 aliphatic heterocycles. The maximum atomic E-state index is 13.0. The van der Waals surface area contributed by atoms with Crippen molar-refractivity contribution in [2.24, 2.45) is 7.05 Å². The second-order valence-corrected chi connectivity index (χ2v) is 10.8. The van der Waals surface area contributed by atoms with Gasteiger partial charge in [0.25, 0.3) is 0 Å². The van der Waals surface area contributed by atoms with Crippen LogP contribution in [-0.4, -0.2) is 69.6 Å². The summed E-state index contributed by atoms with van der Waals surface area (Å²) in [5.41, 5.74) is 1.83. The highest BCUT2D eigenvalue weighted by molar-refractivity contribution is 6.00. The second kappa shape index (κ2) is 10.6. The summed E-state index contributed by atoms with van der Waals surface area (Å²) in [6, 6.07) is 5.51. The summed E-state index contributed by atoms with van der Waals surface area (Å²) in [4.78, 5) is 51.5. The van der Waals surface area contributed by atoms with Crippen LogP contribution in [-0.2, 0) is 32.6 Å². The quantitative estimate of drug-likeness (QED) is 0.435. The van der Waals surface area contributed by atoms with Crippen molar-refractivity contribution in [3.05, 3.63) is 34.2 Å². The molecule has 3 heterocycles. The highest BCUT2D eigenvalue weighted by Gasteiger charge is 2.31. The molecule has 2 saturated heterocycles. The van der Waals surface area contributed by atoms with Crippen molar-refractivity contribution < 1.29 is 19.1 Å². The lowest BCUT2D eigenvalue weighted by Gasteiger charge is -2.36. The highest BCUT2D eigenvalue weighted by Crippen LogP contribution is 2.24. The predicted molar refractivity (Wildman–Crippen MR) is 136 cm³/mol. The molecule has 2 atom stereocenters. The van der Waals surface area contributed by atoms with Crippen molar-refractivity contribution in [2.75, 3.05) is 26.2 Å². The number of fused-ring (bicyclic) bond motifs is 1. The SMILES string of the molecule is Cn1c(=O)n(C2CCC(=O)NC2=O)c2ccc(CC3CNCCN3CCCC(=O)OC(C)(C)C)cc21. The molecule has 10 nitrogen and oxygen atoms in total. The van der Waals surface area contributed by atoms with Crippen LogP contribution in [0.25, 0.3) is 11.0 Å². The topological polar surface area (TPSA) is 115 Å². The molecule has 1 aromatic heterocycles. The average molecular weight is 500 g/mol. The van der Waals surface area contributed by atoms with Gasteiger partial charge in [0, 0.05) is 45.6 Å². The number of imide groups is 1. The molecule has 2 N–H and O–H groups in total. The van der Waals surface area contributed by atoms with Gasteiger partial charge < -0.3 is 10.1 Å². The number of benzene rings is 1. The smallest absolute Gasteiger partial charge is 0.329 e. The summed E-state index contributed by atoms with van der Waals surface area (Å²) in [7, 11) is 1.71. The van der Waals surface area contributed by atoms with E-state index < -0.39 is 17.6 Å². The second-order valence-electron chi connectivity index (χ2n) is 10.8. The number of esters is 1. The maximum absolute atomic E-state index is 13.0. The van der Waals surface area contributed by atoms with Gasteiger partial charge in [0.15, 0.2) is 0 Å². The summed E-state index contributed by atoms with van der Waals surface area (Å²) >= 11 is 0. The zero-order valence-electron chi connectivity index (χ0n) is 21.6. The number of ether oxygens (including phenoxy) is 1. The molecule has 0 radical (unpaired) electrons. The first-order chi connectivity index (χ1) is 17.0. The summed E-state index contributed by atoms with van der Waals surface area (Å²) in [5.74, 6) is -0.898. The van der Waals surface area contributed by atoms with E-state index in [0.717, 1.165) is 50.1 Å². The molecule has 2 fully saturated rings. The van der Waals surface area contributed by atoms with Crippen molar-refractivity contribution >= 4 is 28.8 Å². The fraction of sp³-hybridized carbons (Fsp3) is 0.615. The molecule has 0 saturated carbocycles. The Balaban J connectivity index is 1.47. The van der Waals surface area contributed by atoms with E-state index >= 15 is 0 Å². The van der Waals surface area contributed by atoms with Crippen LogP contribution in [0.4, 0.5) is 0 Å². The van der Waals surface area contributed by atoms with Crippen molar-refractivity contribution in [2.45, 2.75) is 70.6 Å². The third-order valence-electron chi connectivity index (χ3n) is 6.87. The third-order valence-corrected chi connectivity index (χ3v) is 6.87. The van der Waals surface area contributed by atoms with Crippen molar-refractivity contribution in [3.63, 3.8) is 0 Å². The van der Waals surface area contributed by atoms with Crippen LogP contribution in [0.5, 0.6) is 0 Å². The molecule has 0 spiro atoms. The number of aromatic nitrogens is 2. The number of nitrogens with zero attached hydrogens (tertiary/aromatic N) is 3. The van der Waals surface area contributed by atoms with Gasteiger partial charge in [-0.3, -0.25) is 33.7 Å². The normalized spacial score (nSPS) is 21.6. The van der Waals surface area contributed by atoms with Crippen LogP contribution in [0.15, 0.2) is 23.0 Å². The Morgan fingerprint density at radius 3 is 2.67 bits per heavy atom. The number of amides is 2. The van der Waals surface area contributed by atoms with Gasteiger partial charge in [-0.2, -0.15) is 0 Å². The van der Waals surface area contributed by atoms with Crippen LogP contribution in [0, 0.1) is 0 Å². The lowest BCUT2D eigenvalue weighted by molar-refractivity contribution is -0.155. The Labute approximate surface area is 211 Å². The lowest BCUT2D eigenvalue weighted by Crippen LogP contribution is -2.52. The average Bonchev–Trinajstić information content (AvgIpc) is 3.04. The summed E-state index contributed by atoms with van der Waals surface area (Å²) < 4.78 is 8.50. The molecule has 2 unspecified atom stereocenters. The van der Waals surface area contributed by atoms with E-state index in [1.54, 1.807) is 11.6 Å². The van der Waals surface area contributed by atoms with Crippen LogP contribution in [0.1, 0.15) is 58.1 Å². The molecule has 36 heavy (non-hydrogen) atoms. The van der Waals surface area contributed by atoms with Crippen LogP contribution in [0.3, 0.4) is 0 Å². The van der Waals surface area contributed by atoms with Gasteiger partial charge in [0.2, 0.25) is 11.8 Å². The highest BCUT2D eigenvalue weighted by atomic mass is 16.6. The number of nitrogens with one attached hydrogen (secondary N) is 2. The monoisotopic (exact) mass is 499 g/mol. The van der Waals surface area contributed by atoms with Crippen LogP contribution < -0.4 is 16.3 Å². The van der Waals surface area contributed by atoms with E-state index in [1.165, 1.54) is 4.57 Å². The number of carbonyl (C=O) groups is 3. The first kappa shape index (κ1) is 26.1. The first-order valence-corrected chi connectivity index (χ1v) is 12.7. The van der Waals surface area contributed by atoms with E-state index in [2.05, 4.69) is 15.5 Å². The number of aryl methyl sites for hydroxylation is 1. The number of rotatable bonds is 7. The Morgan fingerprint density at radius 2 is 1.94 bits per heavy atom. The molecule has 4 rings (SSSR count). The molecule has 2 amide bonds. The van der Waals surface area contributed by atoms with Crippen molar-refractivity contribution in [1.82, 2.24) is 24.7 Å². The van der Waals surface area contributed by atoms with E-state index in [1.807, 2.05) is 39.0 Å². The minimum atomic E-state index is -0.687. The fourth-order valence-corrected chi connectivity index (χ4v) is 5.16. The van der Waals surface area contributed by atoms with E-state index in [4.69, 9.17) is 4.74 Å². The zero-order valence-corrected chi connectivity index (χ0v) is 21.6. The number of hydrogen-bond donors (Lipinski definition) is 2. The fourth-order valence-electron chi connectivity index (χ4n) is 5.16. The molecule has 2 aliphatic rings. The molecular weight excluding hydrogens is 462 g/mol. The largest absolute Gasteiger partial charge is 0.460 e. The number of hydrogen-bond acceptors (Lipinski definition) is 7. The first-order valence-electron chi connectivity index (χ1n) is 12.7. The van der Waals surface area contributed by atoms with Crippen molar-refractivity contribution in [1.29, 1.82) is 0 Å². The minimum Gasteiger partial charge on any atom is -0.460 e. The van der Waals surface area contributed by atoms with Crippen LogP contribution >= 0.6 is 0 Å². The van der Waals surface area contributed by atoms with E-state index in [0.29, 0.717) is 18.4 Å². The number of carbonyl (C=O) groups excluding carboxylic acids is 3. The standard InChI is InChI=1S/C26H37N5O5/c1-26(2,3)36-23(33)6-5-12-30-13-11-27-16-18(30)14-17-7-8-19-21(15-17)29(4)25(35)31(19)20-9-10-22(32)28-24(20)34/h7-8,15,18,20,27H,5-6,9-14,16H2,1-4H3,(H,28,32,34). The lowest BCUT2D eigenvalue weighted by atomic mass is 10.0. The molecule has 0 bridgehead atoms. The predicted octanol–water partition coefficient (Wildman–Crippen LogP) is 1.26. The van der Waals surface area contributed by atoms with Gasteiger partial charge in [-0.15, -0.1) is 0 Å². The number of piperidine rings is 1. The van der Waals surface area contributed by atoms with Gasteiger partial charge in [0.1, 0.15) is 11.6 Å². The van der Waals surface area contributed by atoms with Gasteiger partial charge in [-0.25, -0.2) is 4.79 Å². The zero-order chi connectivity index (χ0) is 26.0. The summed E-state index contributed by atoms with van der Waals surface area (Å²) in [6.45, 7) is 9.12. The molecule has 1 aromatic carbocycles. The van der Waals surface area contributed by atoms with Gasteiger partial charge in [-0.1, -0.05) is 6.07 Å². The third kappa shape index (κ3) is 5.87. The van der Waals surface area contributed by atoms with Gasteiger partial charge in [0.05, 0.1) is 11.0 Å². The summed E-state index contributed by atoms with van der Waals surface area (Å²) in [6.07, 6.45) is 2.48. The molecule has 0 aliphatic carbocycles. The molecule has 10 heteroatoms. The van der Waals surface area contributed by atoms with Gasteiger partial charge >= 0.3 is 11.7 Å². The van der Waals surface area contributed by atoms with E-state index in [9.17, 15) is 19.2 Å². The number of imidazole rings is 1. The molecular formula is C26H37N5O5. The Bertz CT molecular complexity index is 1210. The summed E-state index contributed by atoms with van der Waals surface area (Å²) in [5, 5.41) is 5.81. The van der Waals surface area contributed by atoms with Crippen molar-refractivity contribution in [3.8, 4) is 0 Å². The van der Waals surface area contributed by atoms with Gasteiger partial charge in [-0.05, 0) is 64.3 Å². The molecule has 2 aromatic rings. The maximum Gasteiger partial charge on any atom is 0.329 e. The van der Waals surface area contributed by atoms with E-state index in [-0.39, 0.29) is 30.0 Å². The number of piperazine rings is 1. The Kier molecular flexibility index (Phi) is 7.65.